The molecule has 1 fully saturated rings. The molecule has 5 heteroatoms. The molecule has 1 saturated heterocycles. The molecule has 1 aliphatic rings. The monoisotopic (exact) mass is 193 g/mol. The third kappa shape index (κ3) is 2.54. The Bertz CT molecular complexity index is 179. The van der Waals surface area contributed by atoms with E-state index in [0.717, 1.165) is 0 Å². The molecule has 0 unspecified atom stereocenters. The van der Waals surface area contributed by atoms with Crippen LogP contribution in [0.1, 0.15) is 12.8 Å². The largest absolute Gasteiger partial charge is 0.453 e. The molecule has 0 aliphatic carbocycles. The lowest BCUT2D eigenvalue weighted by molar-refractivity contribution is 0.0330. The van der Waals surface area contributed by atoms with Gasteiger partial charge in [-0.05, 0) is 12.8 Å². The van der Waals surface area contributed by atoms with Gasteiger partial charge in [0.2, 0.25) is 6.43 Å². The van der Waals surface area contributed by atoms with Crippen LogP contribution in [0, 0.1) is 5.92 Å². The predicted molar refractivity (Wildman–Crippen MR) is 42.7 cm³/mol. The van der Waals surface area contributed by atoms with Gasteiger partial charge in [0.1, 0.15) is 0 Å². The van der Waals surface area contributed by atoms with Crippen LogP contribution >= 0.6 is 0 Å². The number of carbonyl (C=O) groups excluding carboxylic acids is 1. The standard InChI is InChI=1S/C8H13F2NO2/c1-13-8(12)11-4-2-6(3-5-11)7(9)10/h6-7H,2-5H2,1H3. The molecule has 1 amide bonds. The van der Waals surface area contributed by atoms with Gasteiger partial charge in [-0.2, -0.15) is 0 Å². The summed E-state index contributed by atoms with van der Waals surface area (Å²) in [6.07, 6.45) is -1.95. The van der Waals surface area contributed by atoms with Crippen molar-refractivity contribution in [3.8, 4) is 0 Å². The number of alkyl halides is 2. The Morgan fingerprint density at radius 2 is 2.00 bits per heavy atom. The minimum absolute atomic E-state index is 0.368. The van der Waals surface area contributed by atoms with Crippen molar-refractivity contribution in [3.63, 3.8) is 0 Å². The summed E-state index contributed by atoms with van der Waals surface area (Å²) in [5.74, 6) is -0.555. The van der Waals surface area contributed by atoms with Gasteiger partial charge in [-0.25, -0.2) is 13.6 Å². The van der Waals surface area contributed by atoms with E-state index in [0.29, 0.717) is 25.9 Å². The van der Waals surface area contributed by atoms with Crippen LogP contribution in [0.15, 0.2) is 0 Å². The molecule has 1 aliphatic heterocycles. The van der Waals surface area contributed by atoms with E-state index in [1.165, 1.54) is 12.0 Å². The second kappa shape index (κ2) is 4.39. The number of piperidine rings is 1. The predicted octanol–water partition coefficient (Wildman–Crippen LogP) is 1.73. The number of halogens is 2. The Hall–Kier alpha value is -0.870. The maximum absolute atomic E-state index is 12.2. The first-order valence-corrected chi connectivity index (χ1v) is 4.26. The number of hydrogen-bond acceptors (Lipinski definition) is 2. The van der Waals surface area contributed by atoms with Crippen molar-refractivity contribution in [2.75, 3.05) is 20.2 Å². The van der Waals surface area contributed by atoms with Gasteiger partial charge >= 0.3 is 6.09 Å². The second-order valence-corrected chi connectivity index (χ2v) is 3.13. The molecule has 3 nitrogen and oxygen atoms in total. The van der Waals surface area contributed by atoms with E-state index >= 15 is 0 Å². The van der Waals surface area contributed by atoms with E-state index in [2.05, 4.69) is 4.74 Å². The topological polar surface area (TPSA) is 29.5 Å². The maximum atomic E-state index is 12.2. The second-order valence-electron chi connectivity index (χ2n) is 3.13. The molecular weight excluding hydrogens is 180 g/mol. The molecule has 0 radical (unpaired) electrons. The van der Waals surface area contributed by atoms with E-state index in [9.17, 15) is 13.6 Å². The first kappa shape index (κ1) is 10.2. The van der Waals surface area contributed by atoms with Crippen molar-refractivity contribution in [1.29, 1.82) is 0 Å². The van der Waals surface area contributed by atoms with Gasteiger partial charge in [0.25, 0.3) is 0 Å². The highest BCUT2D eigenvalue weighted by atomic mass is 19.3. The number of nitrogens with zero attached hydrogens (tertiary/aromatic N) is 1. The number of hydrogen-bond donors (Lipinski definition) is 0. The van der Waals surface area contributed by atoms with Gasteiger partial charge in [-0.3, -0.25) is 0 Å². The normalized spacial score (nSPS) is 19.2. The van der Waals surface area contributed by atoms with Crippen molar-refractivity contribution in [2.24, 2.45) is 5.92 Å². The number of carbonyl (C=O) groups is 1. The van der Waals surface area contributed by atoms with Gasteiger partial charge in [-0.1, -0.05) is 0 Å². The number of methoxy groups -OCH3 is 1. The highest BCUT2D eigenvalue weighted by Crippen LogP contribution is 2.23. The maximum Gasteiger partial charge on any atom is 0.409 e. The number of likely N-dealkylation sites (tertiary alicyclic amines) is 1. The van der Waals surface area contributed by atoms with Crippen LogP contribution in [0.3, 0.4) is 0 Å². The summed E-state index contributed by atoms with van der Waals surface area (Å²) in [4.78, 5) is 12.4. The van der Waals surface area contributed by atoms with E-state index in [1.54, 1.807) is 0 Å². The van der Waals surface area contributed by atoms with Crippen LogP contribution in [0.5, 0.6) is 0 Å². The minimum Gasteiger partial charge on any atom is -0.453 e. The van der Waals surface area contributed by atoms with E-state index in [-0.39, 0.29) is 0 Å². The Labute approximate surface area is 75.7 Å². The third-order valence-corrected chi connectivity index (χ3v) is 2.33. The molecule has 76 valence electrons. The molecule has 0 aromatic heterocycles. The summed E-state index contributed by atoms with van der Waals surface area (Å²) < 4.78 is 28.9. The summed E-state index contributed by atoms with van der Waals surface area (Å²) in [7, 11) is 1.29. The van der Waals surface area contributed by atoms with Crippen molar-refractivity contribution in [2.45, 2.75) is 19.3 Å². The highest BCUT2D eigenvalue weighted by molar-refractivity contribution is 5.67. The summed E-state index contributed by atoms with van der Waals surface area (Å²) in [6.45, 7) is 0.753. The smallest absolute Gasteiger partial charge is 0.409 e. The molecule has 0 atom stereocenters. The number of amides is 1. The molecule has 13 heavy (non-hydrogen) atoms. The van der Waals surface area contributed by atoms with Crippen LogP contribution in [-0.4, -0.2) is 37.6 Å². The first-order chi connectivity index (χ1) is 6.15. The molecule has 0 aromatic carbocycles. The van der Waals surface area contributed by atoms with Crippen LogP contribution in [0.25, 0.3) is 0 Å². The molecule has 1 rings (SSSR count). The molecule has 0 aromatic rings. The summed E-state index contributed by atoms with van der Waals surface area (Å²) in [5.41, 5.74) is 0. The fourth-order valence-corrected chi connectivity index (χ4v) is 1.46. The van der Waals surface area contributed by atoms with E-state index in [4.69, 9.17) is 0 Å². The fourth-order valence-electron chi connectivity index (χ4n) is 1.46. The number of ether oxygens (including phenoxy) is 1. The van der Waals surface area contributed by atoms with Gasteiger partial charge in [0, 0.05) is 19.0 Å². The van der Waals surface area contributed by atoms with Crippen LogP contribution < -0.4 is 0 Å². The van der Waals surface area contributed by atoms with Gasteiger partial charge in [0.05, 0.1) is 7.11 Å². The van der Waals surface area contributed by atoms with Crippen LogP contribution in [-0.2, 0) is 4.74 Å². The zero-order valence-corrected chi connectivity index (χ0v) is 7.50. The molecule has 0 bridgehead atoms. The lowest BCUT2D eigenvalue weighted by atomic mass is 9.98. The van der Waals surface area contributed by atoms with Gasteiger partial charge in [-0.15, -0.1) is 0 Å². The van der Waals surface area contributed by atoms with Gasteiger partial charge in [0.15, 0.2) is 0 Å². The molecular formula is C8H13F2NO2. The lowest BCUT2D eigenvalue weighted by Gasteiger charge is -2.30. The van der Waals surface area contributed by atoms with Crippen LogP contribution in [0.4, 0.5) is 13.6 Å². The molecule has 0 spiro atoms. The Balaban J connectivity index is 2.34. The number of rotatable bonds is 1. The summed E-state index contributed by atoms with van der Waals surface area (Å²) in [5, 5.41) is 0. The quantitative estimate of drug-likeness (QED) is 0.634. The van der Waals surface area contributed by atoms with Crippen molar-refractivity contribution >= 4 is 6.09 Å². The van der Waals surface area contributed by atoms with Crippen molar-refractivity contribution in [1.82, 2.24) is 4.90 Å². The zero-order chi connectivity index (χ0) is 9.84. The zero-order valence-electron chi connectivity index (χ0n) is 7.50. The fraction of sp³-hybridized carbons (Fsp3) is 0.875. The average Bonchev–Trinajstić information content (AvgIpc) is 2.17. The third-order valence-electron chi connectivity index (χ3n) is 2.33. The summed E-state index contributed by atoms with van der Waals surface area (Å²) in [6, 6.07) is 0. The first-order valence-electron chi connectivity index (χ1n) is 4.26. The molecule has 0 saturated carbocycles. The average molecular weight is 193 g/mol. The Kier molecular flexibility index (Phi) is 3.45. The van der Waals surface area contributed by atoms with Gasteiger partial charge < -0.3 is 9.64 Å². The Morgan fingerprint density at radius 1 is 1.46 bits per heavy atom. The Morgan fingerprint density at radius 3 is 2.38 bits per heavy atom. The molecule has 1 heterocycles. The van der Waals surface area contributed by atoms with E-state index in [1.807, 2.05) is 0 Å². The van der Waals surface area contributed by atoms with Crippen molar-refractivity contribution < 1.29 is 18.3 Å². The van der Waals surface area contributed by atoms with Crippen molar-refractivity contribution in [3.05, 3.63) is 0 Å². The van der Waals surface area contributed by atoms with E-state index < -0.39 is 18.4 Å². The SMILES string of the molecule is COC(=O)N1CCC(C(F)F)CC1. The summed E-state index contributed by atoms with van der Waals surface area (Å²) >= 11 is 0. The molecule has 0 N–H and O–H groups in total. The van der Waals surface area contributed by atoms with Crippen LogP contribution in [0.2, 0.25) is 0 Å². The lowest BCUT2D eigenvalue weighted by Crippen LogP contribution is -2.39. The highest BCUT2D eigenvalue weighted by Gasteiger charge is 2.28. The minimum atomic E-state index is -2.26.